The van der Waals surface area contributed by atoms with Crippen molar-refractivity contribution in [3.8, 4) is 0 Å². The average molecular weight is 301 g/mol. The number of aryl methyl sites for hydroxylation is 3. The molecule has 0 spiro atoms. The van der Waals surface area contributed by atoms with Crippen LogP contribution in [0.5, 0.6) is 0 Å². The lowest BCUT2D eigenvalue weighted by Crippen LogP contribution is -2.28. The summed E-state index contributed by atoms with van der Waals surface area (Å²) in [5.41, 5.74) is 5.65. The van der Waals surface area contributed by atoms with Crippen molar-refractivity contribution in [1.82, 2.24) is 24.6 Å². The summed E-state index contributed by atoms with van der Waals surface area (Å²) >= 11 is 0. The normalized spacial score (nSPS) is 11.6. The molecule has 5 nitrogen and oxygen atoms in total. The summed E-state index contributed by atoms with van der Waals surface area (Å²) < 4.78 is 1.96. The largest absolute Gasteiger partial charge is 0.293 e. The summed E-state index contributed by atoms with van der Waals surface area (Å²) in [5.74, 6) is 0.607. The molecule has 0 amide bonds. The molecular formula is C17H27N5. The summed E-state index contributed by atoms with van der Waals surface area (Å²) in [4.78, 5) is 11.3. The molecule has 0 N–H and O–H groups in total. The van der Waals surface area contributed by atoms with E-state index in [0.717, 1.165) is 36.7 Å². The van der Waals surface area contributed by atoms with Crippen LogP contribution in [0.2, 0.25) is 0 Å². The minimum atomic E-state index is 0.607. The highest BCUT2D eigenvalue weighted by molar-refractivity contribution is 5.24. The Balaban J connectivity index is 2.17. The summed E-state index contributed by atoms with van der Waals surface area (Å²) in [6.07, 6.45) is 3.72. The van der Waals surface area contributed by atoms with E-state index in [9.17, 15) is 0 Å². The Hall–Kier alpha value is -1.75. The van der Waals surface area contributed by atoms with E-state index < -0.39 is 0 Å². The Morgan fingerprint density at radius 3 is 2.32 bits per heavy atom. The molecule has 0 aliphatic carbocycles. The van der Waals surface area contributed by atoms with E-state index in [0.29, 0.717) is 5.92 Å². The number of aromatic nitrogens is 4. The van der Waals surface area contributed by atoms with Crippen molar-refractivity contribution in [2.75, 3.05) is 6.54 Å². The van der Waals surface area contributed by atoms with E-state index >= 15 is 0 Å². The maximum absolute atomic E-state index is 4.52. The second-order valence-corrected chi connectivity index (χ2v) is 6.49. The van der Waals surface area contributed by atoms with E-state index in [1.165, 1.54) is 11.3 Å². The maximum atomic E-state index is 4.52. The molecule has 0 bridgehead atoms. The second kappa shape index (κ2) is 7.01. The van der Waals surface area contributed by atoms with Gasteiger partial charge in [0.1, 0.15) is 0 Å². The number of nitrogens with zero attached hydrogens (tertiary/aromatic N) is 5. The smallest absolute Gasteiger partial charge is 0.0727 e. The first kappa shape index (κ1) is 16.6. The zero-order valence-corrected chi connectivity index (χ0v) is 14.6. The molecule has 0 aromatic carbocycles. The molecule has 2 heterocycles. The van der Waals surface area contributed by atoms with Crippen LogP contribution in [0.3, 0.4) is 0 Å². The Bertz CT molecular complexity index is 613. The predicted molar refractivity (Wildman–Crippen MR) is 88.4 cm³/mol. The van der Waals surface area contributed by atoms with Crippen LogP contribution in [-0.4, -0.2) is 31.2 Å². The summed E-state index contributed by atoms with van der Waals surface area (Å²) in [6.45, 7) is 13.4. The number of hydrogen-bond donors (Lipinski definition) is 0. The fourth-order valence-electron chi connectivity index (χ4n) is 2.70. The van der Waals surface area contributed by atoms with E-state index in [1.807, 2.05) is 31.0 Å². The van der Waals surface area contributed by atoms with Crippen LogP contribution in [0, 0.1) is 26.7 Å². The van der Waals surface area contributed by atoms with Gasteiger partial charge in [0.25, 0.3) is 0 Å². The minimum absolute atomic E-state index is 0.607. The molecular weight excluding hydrogens is 274 g/mol. The Morgan fingerprint density at radius 2 is 1.82 bits per heavy atom. The lowest BCUT2D eigenvalue weighted by molar-refractivity contribution is 0.224. The molecule has 0 radical (unpaired) electrons. The van der Waals surface area contributed by atoms with Crippen LogP contribution in [-0.2, 0) is 20.1 Å². The zero-order valence-electron chi connectivity index (χ0n) is 14.6. The van der Waals surface area contributed by atoms with Crippen LogP contribution < -0.4 is 0 Å². The molecule has 0 unspecified atom stereocenters. The van der Waals surface area contributed by atoms with Gasteiger partial charge in [0.05, 0.1) is 17.1 Å². The van der Waals surface area contributed by atoms with Gasteiger partial charge >= 0.3 is 0 Å². The van der Waals surface area contributed by atoms with Crippen molar-refractivity contribution < 1.29 is 0 Å². The highest BCUT2D eigenvalue weighted by Gasteiger charge is 2.16. The standard InChI is InChI=1S/C17H27N5/c1-12(2)9-22(10-16-8-18-13(3)7-19-16)11-17-14(4)20-21(6)15(17)5/h7-8,12H,9-11H2,1-6H3. The van der Waals surface area contributed by atoms with Crippen molar-refractivity contribution in [2.45, 2.75) is 47.7 Å². The first-order chi connectivity index (χ1) is 10.4. The summed E-state index contributed by atoms with van der Waals surface area (Å²) in [7, 11) is 2.00. The van der Waals surface area contributed by atoms with Crippen LogP contribution in [0.25, 0.3) is 0 Å². The Morgan fingerprint density at radius 1 is 1.09 bits per heavy atom. The van der Waals surface area contributed by atoms with Gasteiger partial charge in [0.15, 0.2) is 0 Å². The maximum Gasteiger partial charge on any atom is 0.0727 e. The lowest BCUT2D eigenvalue weighted by Gasteiger charge is -2.24. The van der Waals surface area contributed by atoms with Gasteiger partial charge in [-0.25, -0.2) is 0 Å². The van der Waals surface area contributed by atoms with Gasteiger partial charge in [-0.05, 0) is 26.7 Å². The predicted octanol–water partition coefficient (Wildman–Crippen LogP) is 2.79. The quantitative estimate of drug-likeness (QED) is 0.823. The van der Waals surface area contributed by atoms with Gasteiger partial charge in [-0.2, -0.15) is 5.10 Å². The zero-order chi connectivity index (χ0) is 16.3. The minimum Gasteiger partial charge on any atom is -0.293 e. The molecule has 2 rings (SSSR count). The van der Waals surface area contributed by atoms with Crippen molar-refractivity contribution in [3.05, 3.63) is 40.7 Å². The van der Waals surface area contributed by atoms with E-state index in [-0.39, 0.29) is 0 Å². The van der Waals surface area contributed by atoms with Gasteiger partial charge in [0.2, 0.25) is 0 Å². The van der Waals surface area contributed by atoms with Crippen LogP contribution in [0.4, 0.5) is 0 Å². The van der Waals surface area contributed by atoms with Crippen LogP contribution in [0.15, 0.2) is 12.4 Å². The third kappa shape index (κ3) is 4.13. The van der Waals surface area contributed by atoms with Crippen LogP contribution >= 0.6 is 0 Å². The lowest BCUT2D eigenvalue weighted by atomic mass is 10.1. The van der Waals surface area contributed by atoms with Gasteiger partial charge in [-0.3, -0.25) is 19.5 Å². The van der Waals surface area contributed by atoms with Crippen molar-refractivity contribution in [3.63, 3.8) is 0 Å². The van der Waals surface area contributed by atoms with Gasteiger partial charge < -0.3 is 0 Å². The third-order valence-electron chi connectivity index (χ3n) is 3.88. The fraction of sp³-hybridized carbons (Fsp3) is 0.588. The molecule has 5 heteroatoms. The summed E-state index contributed by atoms with van der Waals surface area (Å²) in [5, 5.41) is 4.52. The Labute approximate surface area is 133 Å². The number of rotatable bonds is 6. The molecule has 0 saturated carbocycles. The van der Waals surface area contributed by atoms with E-state index in [1.54, 1.807) is 0 Å². The fourth-order valence-corrected chi connectivity index (χ4v) is 2.70. The first-order valence-corrected chi connectivity index (χ1v) is 7.85. The molecule has 0 aliphatic heterocycles. The van der Waals surface area contributed by atoms with Crippen molar-refractivity contribution in [1.29, 1.82) is 0 Å². The molecule has 2 aromatic rings. The highest BCUT2D eigenvalue weighted by atomic mass is 15.3. The SMILES string of the molecule is Cc1cnc(CN(Cc2c(C)nn(C)c2C)CC(C)C)cn1. The van der Waals surface area contributed by atoms with Gasteiger partial charge in [-0.1, -0.05) is 13.8 Å². The number of hydrogen-bond acceptors (Lipinski definition) is 4. The molecule has 0 aliphatic rings. The van der Waals surface area contributed by atoms with Crippen molar-refractivity contribution in [2.24, 2.45) is 13.0 Å². The highest BCUT2D eigenvalue weighted by Crippen LogP contribution is 2.17. The molecule has 0 atom stereocenters. The van der Waals surface area contributed by atoms with E-state index in [2.05, 4.69) is 47.7 Å². The Kier molecular flexibility index (Phi) is 5.29. The van der Waals surface area contributed by atoms with Crippen LogP contribution in [0.1, 0.15) is 42.2 Å². The topological polar surface area (TPSA) is 46.8 Å². The molecule has 0 fully saturated rings. The summed E-state index contributed by atoms with van der Waals surface area (Å²) in [6, 6.07) is 0. The molecule has 22 heavy (non-hydrogen) atoms. The third-order valence-corrected chi connectivity index (χ3v) is 3.88. The monoisotopic (exact) mass is 301 g/mol. The van der Waals surface area contributed by atoms with Gasteiger partial charge in [0, 0.05) is 50.3 Å². The second-order valence-electron chi connectivity index (χ2n) is 6.49. The van der Waals surface area contributed by atoms with E-state index in [4.69, 9.17) is 0 Å². The average Bonchev–Trinajstić information content (AvgIpc) is 2.67. The molecule has 2 aromatic heterocycles. The first-order valence-electron chi connectivity index (χ1n) is 7.85. The molecule has 120 valence electrons. The molecule has 0 saturated heterocycles. The van der Waals surface area contributed by atoms with Gasteiger partial charge in [-0.15, -0.1) is 0 Å². The van der Waals surface area contributed by atoms with Crippen molar-refractivity contribution >= 4 is 0 Å².